The van der Waals surface area contributed by atoms with Crippen LogP contribution in [-0.4, -0.2) is 51.3 Å². The molecule has 0 aromatic heterocycles. The lowest BCUT2D eigenvalue weighted by Crippen LogP contribution is -2.51. The third-order valence-corrected chi connectivity index (χ3v) is 8.40. The van der Waals surface area contributed by atoms with Gasteiger partial charge < -0.3 is 10.2 Å². The molecule has 0 unspecified atom stereocenters. The summed E-state index contributed by atoms with van der Waals surface area (Å²) < 4.78 is 28.6. The standard InChI is InChI=1S/C28H32ClN3O4S/c1-20-10-13-25(18-21(20)2)32(37(35,36)26-14-11-24(29)12-15-26)19-27(33)31(22(3)28(34)30-4)17-16-23-8-6-5-7-9-23/h5-15,18,22H,16-17,19H2,1-4H3,(H,30,34)/t22-/m0/s1. The number of nitrogens with zero attached hydrogens (tertiary/aromatic N) is 2. The fourth-order valence-electron chi connectivity index (χ4n) is 3.92. The van der Waals surface area contributed by atoms with Gasteiger partial charge in [0.05, 0.1) is 10.6 Å². The Morgan fingerprint density at radius 1 is 0.946 bits per heavy atom. The molecule has 3 rings (SSSR count). The van der Waals surface area contributed by atoms with Gasteiger partial charge in [0, 0.05) is 18.6 Å². The number of amides is 2. The number of nitrogens with one attached hydrogen (secondary N) is 1. The van der Waals surface area contributed by atoms with Crippen molar-refractivity contribution in [1.29, 1.82) is 0 Å². The summed E-state index contributed by atoms with van der Waals surface area (Å²) in [4.78, 5) is 27.7. The van der Waals surface area contributed by atoms with Crippen molar-refractivity contribution in [3.05, 3.63) is 94.5 Å². The van der Waals surface area contributed by atoms with Crippen LogP contribution in [0.3, 0.4) is 0 Å². The van der Waals surface area contributed by atoms with Gasteiger partial charge in [-0.15, -0.1) is 0 Å². The number of aryl methyl sites for hydroxylation is 2. The van der Waals surface area contributed by atoms with Gasteiger partial charge in [0.15, 0.2) is 0 Å². The van der Waals surface area contributed by atoms with Crippen LogP contribution in [-0.2, 0) is 26.0 Å². The van der Waals surface area contributed by atoms with Crippen LogP contribution in [0.15, 0.2) is 77.7 Å². The maximum Gasteiger partial charge on any atom is 0.264 e. The summed E-state index contributed by atoms with van der Waals surface area (Å²) in [7, 11) is -2.62. The van der Waals surface area contributed by atoms with Crippen molar-refractivity contribution in [1.82, 2.24) is 10.2 Å². The molecule has 196 valence electrons. The molecule has 0 radical (unpaired) electrons. The van der Waals surface area contributed by atoms with Crippen molar-refractivity contribution in [3.63, 3.8) is 0 Å². The minimum absolute atomic E-state index is 0.0121. The first-order valence-electron chi connectivity index (χ1n) is 11.9. The normalized spacial score (nSPS) is 12.0. The smallest absolute Gasteiger partial charge is 0.264 e. The van der Waals surface area contributed by atoms with E-state index in [-0.39, 0.29) is 17.3 Å². The van der Waals surface area contributed by atoms with Crippen LogP contribution in [0.25, 0.3) is 0 Å². The molecule has 0 heterocycles. The zero-order valence-corrected chi connectivity index (χ0v) is 23.0. The first-order valence-corrected chi connectivity index (χ1v) is 13.8. The molecule has 0 saturated carbocycles. The van der Waals surface area contributed by atoms with Crippen molar-refractivity contribution >= 4 is 39.1 Å². The number of likely N-dealkylation sites (N-methyl/N-ethyl adjacent to an activating group) is 1. The molecule has 0 saturated heterocycles. The Kier molecular flexibility index (Phi) is 9.34. The number of rotatable bonds is 10. The van der Waals surface area contributed by atoms with Gasteiger partial charge in [-0.3, -0.25) is 13.9 Å². The van der Waals surface area contributed by atoms with Crippen molar-refractivity contribution in [3.8, 4) is 0 Å². The van der Waals surface area contributed by atoms with Crippen LogP contribution in [0.5, 0.6) is 0 Å². The molecule has 1 atom stereocenters. The van der Waals surface area contributed by atoms with Crippen molar-refractivity contribution in [2.24, 2.45) is 0 Å². The van der Waals surface area contributed by atoms with E-state index >= 15 is 0 Å². The topological polar surface area (TPSA) is 86.8 Å². The molecule has 9 heteroatoms. The van der Waals surface area contributed by atoms with Crippen LogP contribution in [0.4, 0.5) is 5.69 Å². The lowest BCUT2D eigenvalue weighted by Gasteiger charge is -2.32. The molecule has 0 fully saturated rings. The molecule has 2 amide bonds. The lowest BCUT2D eigenvalue weighted by molar-refractivity contribution is -0.138. The summed E-state index contributed by atoms with van der Waals surface area (Å²) in [5.41, 5.74) is 3.25. The van der Waals surface area contributed by atoms with Crippen molar-refractivity contribution in [2.45, 2.75) is 38.1 Å². The van der Waals surface area contributed by atoms with Gasteiger partial charge in [-0.1, -0.05) is 48.0 Å². The van der Waals surface area contributed by atoms with E-state index in [0.29, 0.717) is 17.1 Å². The first-order chi connectivity index (χ1) is 17.5. The minimum atomic E-state index is -4.12. The third kappa shape index (κ3) is 6.90. The molecular weight excluding hydrogens is 510 g/mol. The molecular formula is C28H32ClN3O4S. The maximum absolute atomic E-state index is 13.8. The Morgan fingerprint density at radius 2 is 1.59 bits per heavy atom. The van der Waals surface area contributed by atoms with Crippen LogP contribution in [0.2, 0.25) is 5.02 Å². The summed E-state index contributed by atoms with van der Waals surface area (Å²) in [5.74, 6) is -0.817. The number of halogens is 1. The van der Waals surface area contributed by atoms with E-state index in [1.54, 1.807) is 19.1 Å². The summed E-state index contributed by atoms with van der Waals surface area (Å²) in [6.45, 7) is 5.23. The lowest BCUT2D eigenvalue weighted by atomic mass is 10.1. The van der Waals surface area contributed by atoms with Crippen LogP contribution in [0, 0.1) is 13.8 Å². The Balaban J connectivity index is 2.00. The van der Waals surface area contributed by atoms with Crippen LogP contribution >= 0.6 is 11.6 Å². The van der Waals surface area contributed by atoms with Gasteiger partial charge >= 0.3 is 0 Å². The van der Waals surface area contributed by atoms with Crippen LogP contribution in [0.1, 0.15) is 23.6 Å². The Bertz CT molecular complexity index is 1350. The first kappa shape index (κ1) is 28.2. The summed E-state index contributed by atoms with van der Waals surface area (Å²) in [6, 6.07) is 19.9. The summed E-state index contributed by atoms with van der Waals surface area (Å²) in [5, 5.41) is 2.98. The highest BCUT2D eigenvalue weighted by Crippen LogP contribution is 2.27. The van der Waals surface area contributed by atoms with Crippen molar-refractivity contribution < 1.29 is 18.0 Å². The van der Waals surface area contributed by atoms with Gasteiger partial charge in [-0.2, -0.15) is 0 Å². The Hall–Kier alpha value is -3.36. The Labute approximate surface area is 224 Å². The number of hydrogen-bond donors (Lipinski definition) is 1. The van der Waals surface area contributed by atoms with E-state index in [0.717, 1.165) is 21.0 Å². The van der Waals surface area contributed by atoms with Gasteiger partial charge in [-0.25, -0.2) is 8.42 Å². The highest BCUT2D eigenvalue weighted by molar-refractivity contribution is 7.92. The third-order valence-electron chi connectivity index (χ3n) is 6.36. The SMILES string of the molecule is CNC(=O)[C@H](C)N(CCc1ccccc1)C(=O)CN(c1ccc(C)c(C)c1)S(=O)(=O)c1ccc(Cl)cc1. The van der Waals surface area contributed by atoms with Gasteiger partial charge in [0.25, 0.3) is 10.0 Å². The molecule has 0 aliphatic rings. The largest absolute Gasteiger partial charge is 0.357 e. The summed E-state index contributed by atoms with van der Waals surface area (Å²) >= 11 is 5.98. The second-order valence-corrected chi connectivity index (χ2v) is 11.1. The zero-order chi connectivity index (χ0) is 27.2. The molecule has 7 nitrogen and oxygen atoms in total. The molecule has 37 heavy (non-hydrogen) atoms. The molecule has 0 bridgehead atoms. The van der Waals surface area contributed by atoms with Gasteiger partial charge in [0.1, 0.15) is 12.6 Å². The maximum atomic E-state index is 13.8. The van der Waals surface area contributed by atoms with E-state index in [4.69, 9.17) is 11.6 Å². The predicted molar refractivity (Wildman–Crippen MR) is 147 cm³/mol. The van der Waals surface area contributed by atoms with Crippen LogP contribution < -0.4 is 9.62 Å². The highest BCUT2D eigenvalue weighted by atomic mass is 35.5. The molecule has 3 aromatic rings. The fraction of sp³-hybridized carbons (Fsp3) is 0.286. The molecule has 0 aliphatic heterocycles. The van der Waals surface area contributed by atoms with E-state index in [9.17, 15) is 18.0 Å². The Morgan fingerprint density at radius 3 is 2.19 bits per heavy atom. The number of anilines is 1. The minimum Gasteiger partial charge on any atom is -0.357 e. The fourth-order valence-corrected chi connectivity index (χ4v) is 5.45. The molecule has 0 spiro atoms. The molecule has 1 N–H and O–H groups in total. The number of sulfonamides is 1. The number of hydrogen-bond acceptors (Lipinski definition) is 4. The second-order valence-electron chi connectivity index (χ2n) is 8.85. The number of carbonyl (C=O) groups excluding carboxylic acids is 2. The molecule has 3 aromatic carbocycles. The zero-order valence-electron chi connectivity index (χ0n) is 21.4. The quantitative estimate of drug-likeness (QED) is 0.413. The van der Waals surface area contributed by atoms with E-state index in [2.05, 4.69) is 5.32 Å². The van der Waals surface area contributed by atoms with Crippen molar-refractivity contribution in [2.75, 3.05) is 24.4 Å². The number of carbonyl (C=O) groups is 2. The summed E-state index contributed by atoms with van der Waals surface area (Å²) in [6.07, 6.45) is 0.515. The molecule has 0 aliphatic carbocycles. The average Bonchev–Trinajstić information content (AvgIpc) is 2.89. The van der Waals surface area contributed by atoms with Gasteiger partial charge in [0.2, 0.25) is 11.8 Å². The average molecular weight is 542 g/mol. The van der Waals surface area contributed by atoms with E-state index < -0.39 is 28.5 Å². The second kappa shape index (κ2) is 12.3. The van der Waals surface area contributed by atoms with E-state index in [1.807, 2.05) is 50.2 Å². The van der Waals surface area contributed by atoms with Gasteiger partial charge in [-0.05, 0) is 80.3 Å². The predicted octanol–water partition coefficient (Wildman–Crippen LogP) is 4.36. The highest BCUT2D eigenvalue weighted by Gasteiger charge is 2.32. The number of benzene rings is 3. The van der Waals surface area contributed by atoms with E-state index in [1.165, 1.54) is 36.2 Å². The monoisotopic (exact) mass is 541 g/mol.